The van der Waals surface area contributed by atoms with E-state index in [1.165, 1.54) is 4.57 Å². The number of rotatable bonds is 6. The Morgan fingerprint density at radius 1 is 1.21 bits per heavy atom. The van der Waals surface area contributed by atoms with Crippen molar-refractivity contribution < 1.29 is 9.47 Å². The van der Waals surface area contributed by atoms with Crippen LogP contribution in [-0.4, -0.2) is 44.3 Å². The predicted octanol–water partition coefficient (Wildman–Crippen LogP) is 4.24. The van der Waals surface area contributed by atoms with Gasteiger partial charge in [0.05, 0.1) is 17.8 Å². The zero-order valence-electron chi connectivity index (χ0n) is 19.7. The lowest BCUT2D eigenvalue weighted by Gasteiger charge is -2.43. The Morgan fingerprint density at radius 3 is 2.67 bits per heavy atom. The van der Waals surface area contributed by atoms with Gasteiger partial charge in [-0.25, -0.2) is 14.8 Å². The summed E-state index contributed by atoms with van der Waals surface area (Å²) in [5, 5.41) is 0.373. The van der Waals surface area contributed by atoms with E-state index in [0.29, 0.717) is 34.4 Å². The smallest absolute Gasteiger partial charge is 0.349 e. The van der Waals surface area contributed by atoms with E-state index in [0.717, 1.165) is 18.6 Å². The van der Waals surface area contributed by atoms with Crippen molar-refractivity contribution in [3.8, 4) is 11.6 Å². The SMILES string of the molecule is CC[C@H]1CN(c2nc(=O)n(C)c3ccc(Cl)nc23)[C@@H](C)C[C@@H]1Oc1ccc(OC(C)C)cn1. The zero-order chi connectivity index (χ0) is 23.7. The third-order valence-electron chi connectivity index (χ3n) is 6.11. The Labute approximate surface area is 198 Å². The summed E-state index contributed by atoms with van der Waals surface area (Å²) in [5.41, 5.74) is 1.03. The lowest BCUT2D eigenvalue weighted by Crippen LogP contribution is -2.51. The molecule has 0 amide bonds. The van der Waals surface area contributed by atoms with Gasteiger partial charge in [-0.15, -0.1) is 0 Å². The van der Waals surface area contributed by atoms with Crippen molar-refractivity contribution in [3.63, 3.8) is 0 Å². The zero-order valence-corrected chi connectivity index (χ0v) is 20.4. The molecule has 0 spiro atoms. The second-order valence-electron chi connectivity index (χ2n) is 8.84. The van der Waals surface area contributed by atoms with Crippen molar-refractivity contribution in [3.05, 3.63) is 46.1 Å². The monoisotopic (exact) mass is 471 g/mol. The highest BCUT2D eigenvalue weighted by atomic mass is 35.5. The van der Waals surface area contributed by atoms with Gasteiger partial charge in [-0.2, -0.15) is 4.98 Å². The van der Waals surface area contributed by atoms with Crippen molar-refractivity contribution in [1.82, 2.24) is 19.5 Å². The average molecular weight is 472 g/mol. The van der Waals surface area contributed by atoms with Gasteiger partial charge in [-0.3, -0.25) is 4.57 Å². The van der Waals surface area contributed by atoms with Crippen LogP contribution in [0.15, 0.2) is 35.3 Å². The first kappa shape index (κ1) is 23.3. The fourth-order valence-electron chi connectivity index (χ4n) is 4.36. The van der Waals surface area contributed by atoms with E-state index >= 15 is 0 Å². The van der Waals surface area contributed by atoms with Crippen molar-refractivity contribution in [2.24, 2.45) is 13.0 Å². The summed E-state index contributed by atoms with van der Waals surface area (Å²) in [5.74, 6) is 2.12. The maximum atomic E-state index is 12.6. The number of pyridine rings is 2. The van der Waals surface area contributed by atoms with Crippen molar-refractivity contribution in [1.29, 1.82) is 0 Å². The van der Waals surface area contributed by atoms with E-state index in [9.17, 15) is 4.79 Å². The minimum Gasteiger partial charge on any atom is -0.489 e. The molecule has 0 radical (unpaired) electrons. The summed E-state index contributed by atoms with van der Waals surface area (Å²) < 4.78 is 13.5. The van der Waals surface area contributed by atoms with Gasteiger partial charge in [0.25, 0.3) is 0 Å². The maximum absolute atomic E-state index is 12.6. The minimum absolute atomic E-state index is 0.0000243. The lowest BCUT2D eigenvalue weighted by atomic mass is 9.88. The van der Waals surface area contributed by atoms with E-state index < -0.39 is 0 Å². The number of nitrogens with zero attached hydrogens (tertiary/aromatic N) is 5. The van der Waals surface area contributed by atoms with Gasteiger partial charge in [-0.05, 0) is 45.4 Å². The molecule has 0 aliphatic carbocycles. The summed E-state index contributed by atoms with van der Waals surface area (Å²) >= 11 is 6.19. The number of piperidine rings is 1. The van der Waals surface area contributed by atoms with E-state index in [4.69, 9.17) is 21.1 Å². The molecule has 0 saturated carbocycles. The molecule has 3 aromatic rings. The Bertz CT molecular complexity index is 1180. The molecule has 1 saturated heterocycles. The van der Waals surface area contributed by atoms with Crippen LogP contribution in [0.25, 0.3) is 11.0 Å². The number of halogens is 1. The molecule has 1 fully saturated rings. The third-order valence-corrected chi connectivity index (χ3v) is 6.32. The van der Waals surface area contributed by atoms with Crippen LogP contribution in [0.3, 0.4) is 0 Å². The molecular weight excluding hydrogens is 442 g/mol. The van der Waals surface area contributed by atoms with Crippen LogP contribution in [0.1, 0.15) is 40.5 Å². The summed E-state index contributed by atoms with van der Waals surface area (Å²) in [6.45, 7) is 8.92. The largest absolute Gasteiger partial charge is 0.489 e. The van der Waals surface area contributed by atoms with Gasteiger partial charge >= 0.3 is 5.69 Å². The van der Waals surface area contributed by atoms with Crippen LogP contribution in [0.5, 0.6) is 11.6 Å². The Balaban J connectivity index is 1.59. The fourth-order valence-corrected chi connectivity index (χ4v) is 4.50. The molecule has 1 aliphatic rings. The van der Waals surface area contributed by atoms with E-state index in [-0.39, 0.29) is 29.9 Å². The molecule has 8 nitrogen and oxygen atoms in total. The summed E-state index contributed by atoms with van der Waals surface area (Å²) in [6, 6.07) is 7.32. The first-order chi connectivity index (χ1) is 15.8. The van der Waals surface area contributed by atoms with E-state index in [1.54, 1.807) is 19.3 Å². The quantitative estimate of drug-likeness (QED) is 0.497. The van der Waals surface area contributed by atoms with Crippen LogP contribution in [-0.2, 0) is 7.05 Å². The highest BCUT2D eigenvalue weighted by molar-refractivity contribution is 6.29. The first-order valence-corrected chi connectivity index (χ1v) is 11.7. The molecule has 3 aromatic heterocycles. The molecule has 33 heavy (non-hydrogen) atoms. The molecule has 4 heterocycles. The molecule has 176 valence electrons. The molecule has 9 heteroatoms. The van der Waals surface area contributed by atoms with Crippen LogP contribution >= 0.6 is 11.6 Å². The van der Waals surface area contributed by atoms with Crippen molar-refractivity contribution >= 4 is 28.5 Å². The molecule has 0 bridgehead atoms. The third kappa shape index (κ3) is 4.90. The van der Waals surface area contributed by atoms with E-state index in [2.05, 4.69) is 33.7 Å². The van der Waals surface area contributed by atoms with Gasteiger partial charge in [0.15, 0.2) is 5.82 Å². The number of anilines is 1. The minimum atomic E-state index is -0.312. The van der Waals surface area contributed by atoms with Crippen molar-refractivity contribution in [2.45, 2.75) is 58.8 Å². The highest BCUT2D eigenvalue weighted by Gasteiger charge is 2.36. The molecular formula is C24H30ClN5O3. The number of aryl methyl sites for hydroxylation is 1. The van der Waals surface area contributed by atoms with Crippen LogP contribution < -0.4 is 20.1 Å². The maximum Gasteiger partial charge on any atom is 0.349 e. The number of hydrogen-bond donors (Lipinski definition) is 0. The topological polar surface area (TPSA) is 82.4 Å². The Kier molecular flexibility index (Phi) is 6.74. The molecule has 0 unspecified atom stereocenters. The van der Waals surface area contributed by atoms with Gasteiger partial charge < -0.3 is 14.4 Å². The highest BCUT2D eigenvalue weighted by Crippen LogP contribution is 2.33. The lowest BCUT2D eigenvalue weighted by molar-refractivity contribution is 0.0908. The molecule has 4 rings (SSSR count). The number of hydrogen-bond acceptors (Lipinski definition) is 7. The van der Waals surface area contributed by atoms with Gasteiger partial charge in [0.2, 0.25) is 5.88 Å². The van der Waals surface area contributed by atoms with Gasteiger partial charge in [0.1, 0.15) is 22.5 Å². The normalized spacial score (nSPS) is 20.9. The van der Waals surface area contributed by atoms with Crippen LogP contribution in [0.4, 0.5) is 5.82 Å². The number of ether oxygens (including phenoxy) is 2. The molecule has 3 atom stereocenters. The van der Waals surface area contributed by atoms with Crippen LogP contribution in [0, 0.1) is 5.92 Å². The Hall–Kier alpha value is -2.87. The van der Waals surface area contributed by atoms with Crippen LogP contribution in [0.2, 0.25) is 5.15 Å². The summed E-state index contributed by atoms with van der Waals surface area (Å²) in [4.78, 5) is 28.0. The Morgan fingerprint density at radius 2 is 2.00 bits per heavy atom. The standard InChI is InChI=1S/C24H30ClN5O3/c1-6-16-13-30(23-22-18(8-9-20(25)27-22)29(5)24(31)28-23)15(4)11-19(16)33-21-10-7-17(12-26-21)32-14(2)3/h7-10,12,14-16,19H,6,11,13H2,1-5H3/t15-,16-,19-/m0/s1. The fraction of sp³-hybridized carbons (Fsp3) is 0.500. The van der Waals surface area contributed by atoms with Crippen molar-refractivity contribution in [2.75, 3.05) is 11.4 Å². The van der Waals surface area contributed by atoms with Gasteiger partial charge in [-0.1, -0.05) is 18.5 Å². The molecule has 1 aliphatic heterocycles. The average Bonchev–Trinajstić information content (AvgIpc) is 2.77. The van der Waals surface area contributed by atoms with Gasteiger partial charge in [0, 0.05) is 38.0 Å². The first-order valence-electron chi connectivity index (χ1n) is 11.4. The summed E-state index contributed by atoms with van der Waals surface area (Å²) in [7, 11) is 1.69. The molecule has 0 N–H and O–H groups in total. The number of fused-ring (bicyclic) bond motifs is 1. The second kappa shape index (κ2) is 9.55. The number of aromatic nitrogens is 4. The molecule has 0 aromatic carbocycles. The summed E-state index contributed by atoms with van der Waals surface area (Å²) in [6.07, 6.45) is 3.47. The predicted molar refractivity (Wildman–Crippen MR) is 129 cm³/mol. The second-order valence-corrected chi connectivity index (χ2v) is 9.23. The van der Waals surface area contributed by atoms with E-state index in [1.807, 2.05) is 32.0 Å².